The van der Waals surface area contributed by atoms with Gasteiger partial charge in [-0.25, -0.2) is 4.79 Å². The Hall–Kier alpha value is -1.81. The van der Waals surface area contributed by atoms with Gasteiger partial charge in [0.1, 0.15) is 10.6 Å². The SMILES string of the molecule is COC(=O)c1scc(C)c1-c1cc(C)c(OC)cc1C. The van der Waals surface area contributed by atoms with Crippen LogP contribution in [0.2, 0.25) is 0 Å². The van der Waals surface area contributed by atoms with Crippen LogP contribution >= 0.6 is 11.3 Å². The topological polar surface area (TPSA) is 35.5 Å². The van der Waals surface area contributed by atoms with Crippen molar-refractivity contribution in [3.63, 3.8) is 0 Å². The summed E-state index contributed by atoms with van der Waals surface area (Å²) in [4.78, 5) is 12.6. The van der Waals surface area contributed by atoms with Crippen molar-refractivity contribution in [3.05, 3.63) is 39.1 Å². The number of methoxy groups -OCH3 is 2. The van der Waals surface area contributed by atoms with Crippen LogP contribution in [0.4, 0.5) is 0 Å². The summed E-state index contributed by atoms with van der Waals surface area (Å²) in [5.41, 5.74) is 5.24. The smallest absolute Gasteiger partial charge is 0.348 e. The van der Waals surface area contributed by atoms with Gasteiger partial charge in [-0.3, -0.25) is 0 Å². The molecule has 3 nitrogen and oxygen atoms in total. The lowest BCUT2D eigenvalue weighted by molar-refractivity contribution is 0.0607. The van der Waals surface area contributed by atoms with Crippen LogP contribution in [0.3, 0.4) is 0 Å². The lowest BCUT2D eigenvalue weighted by atomic mass is 9.95. The first kappa shape index (κ1) is 14.6. The fourth-order valence-electron chi connectivity index (χ4n) is 2.30. The van der Waals surface area contributed by atoms with Crippen molar-refractivity contribution < 1.29 is 14.3 Å². The molecule has 0 spiro atoms. The highest BCUT2D eigenvalue weighted by Gasteiger charge is 2.20. The quantitative estimate of drug-likeness (QED) is 0.797. The molecule has 2 rings (SSSR count). The lowest BCUT2D eigenvalue weighted by Crippen LogP contribution is -2.01. The van der Waals surface area contributed by atoms with Gasteiger partial charge in [0, 0.05) is 5.56 Å². The first-order valence-electron chi connectivity index (χ1n) is 6.31. The summed E-state index contributed by atoms with van der Waals surface area (Å²) in [6.07, 6.45) is 0. The van der Waals surface area contributed by atoms with Crippen LogP contribution in [-0.2, 0) is 4.74 Å². The Kier molecular flexibility index (Phi) is 4.14. The van der Waals surface area contributed by atoms with Crippen LogP contribution in [0.25, 0.3) is 11.1 Å². The Morgan fingerprint density at radius 2 is 1.75 bits per heavy atom. The highest BCUT2D eigenvalue weighted by Crippen LogP contribution is 2.37. The molecule has 0 amide bonds. The number of hydrogen-bond acceptors (Lipinski definition) is 4. The predicted octanol–water partition coefficient (Wildman–Crippen LogP) is 4.14. The molecule has 4 heteroatoms. The molecule has 0 unspecified atom stereocenters. The summed E-state index contributed by atoms with van der Waals surface area (Å²) in [7, 11) is 3.07. The molecule has 0 radical (unpaired) electrons. The summed E-state index contributed by atoms with van der Waals surface area (Å²) in [6, 6.07) is 4.07. The van der Waals surface area contributed by atoms with Gasteiger partial charge in [-0.05, 0) is 60.5 Å². The first-order chi connectivity index (χ1) is 9.49. The Balaban J connectivity index is 2.66. The Morgan fingerprint density at radius 1 is 1.05 bits per heavy atom. The summed E-state index contributed by atoms with van der Waals surface area (Å²) in [5.74, 6) is 0.574. The summed E-state index contributed by atoms with van der Waals surface area (Å²) in [5, 5.41) is 1.99. The molecule has 20 heavy (non-hydrogen) atoms. The van der Waals surface area contributed by atoms with Crippen molar-refractivity contribution in [1.29, 1.82) is 0 Å². The molecule has 2 aromatic rings. The number of ether oxygens (including phenoxy) is 2. The second-order valence-electron chi connectivity index (χ2n) is 4.75. The van der Waals surface area contributed by atoms with E-state index in [0.29, 0.717) is 4.88 Å². The normalized spacial score (nSPS) is 10.4. The number of hydrogen-bond donors (Lipinski definition) is 0. The third kappa shape index (κ3) is 2.43. The molecule has 0 aliphatic heterocycles. The van der Waals surface area contributed by atoms with E-state index < -0.39 is 0 Å². The van der Waals surface area contributed by atoms with E-state index in [0.717, 1.165) is 33.6 Å². The number of carbonyl (C=O) groups is 1. The average Bonchev–Trinajstić information content (AvgIpc) is 2.81. The molecular weight excluding hydrogens is 272 g/mol. The van der Waals surface area contributed by atoms with Crippen molar-refractivity contribution in [2.45, 2.75) is 20.8 Å². The molecule has 0 fully saturated rings. The minimum Gasteiger partial charge on any atom is -0.496 e. The third-order valence-electron chi connectivity index (χ3n) is 3.36. The summed E-state index contributed by atoms with van der Waals surface area (Å²) >= 11 is 1.42. The minimum atomic E-state index is -0.286. The molecule has 0 aliphatic carbocycles. The van der Waals surface area contributed by atoms with Crippen LogP contribution in [0.1, 0.15) is 26.4 Å². The number of benzene rings is 1. The van der Waals surface area contributed by atoms with Crippen LogP contribution in [0, 0.1) is 20.8 Å². The minimum absolute atomic E-state index is 0.286. The predicted molar refractivity (Wildman–Crippen MR) is 81.9 cm³/mol. The number of thiophene rings is 1. The van der Waals surface area contributed by atoms with Gasteiger partial charge in [-0.2, -0.15) is 0 Å². The van der Waals surface area contributed by atoms with E-state index in [-0.39, 0.29) is 5.97 Å². The van der Waals surface area contributed by atoms with E-state index in [1.807, 2.05) is 32.2 Å². The second-order valence-corrected chi connectivity index (χ2v) is 5.63. The molecule has 0 bridgehead atoms. The molecule has 0 saturated carbocycles. The molecule has 1 aromatic heterocycles. The molecular formula is C16H18O3S. The summed E-state index contributed by atoms with van der Waals surface area (Å²) < 4.78 is 10.2. The van der Waals surface area contributed by atoms with E-state index >= 15 is 0 Å². The van der Waals surface area contributed by atoms with Gasteiger partial charge in [0.05, 0.1) is 14.2 Å². The zero-order chi connectivity index (χ0) is 14.9. The Morgan fingerprint density at radius 3 is 2.35 bits per heavy atom. The molecule has 0 saturated heterocycles. The molecule has 0 aliphatic rings. The number of aryl methyl sites for hydroxylation is 3. The van der Waals surface area contributed by atoms with E-state index in [9.17, 15) is 4.79 Å². The maximum Gasteiger partial charge on any atom is 0.348 e. The van der Waals surface area contributed by atoms with Crippen LogP contribution in [0.5, 0.6) is 5.75 Å². The zero-order valence-electron chi connectivity index (χ0n) is 12.4. The standard InChI is InChI=1S/C16H18O3S/c1-9-7-13(18-4)10(2)6-12(9)14-11(3)8-20-15(14)16(17)19-5/h6-8H,1-5H3. The number of carbonyl (C=O) groups excluding carboxylic acids is 1. The monoisotopic (exact) mass is 290 g/mol. The Bertz CT molecular complexity index is 656. The van der Waals surface area contributed by atoms with Gasteiger partial charge in [0.15, 0.2) is 0 Å². The van der Waals surface area contributed by atoms with Crippen molar-refractivity contribution in [3.8, 4) is 16.9 Å². The largest absolute Gasteiger partial charge is 0.496 e. The first-order valence-corrected chi connectivity index (χ1v) is 7.19. The van der Waals surface area contributed by atoms with Crippen LogP contribution in [-0.4, -0.2) is 20.2 Å². The second kappa shape index (κ2) is 5.67. The van der Waals surface area contributed by atoms with E-state index in [1.165, 1.54) is 18.4 Å². The van der Waals surface area contributed by atoms with Crippen molar-refractivity contribution >= 4 is 17.3 Å². The van der Waals surface area contributed by atoms with Crippen molar-refractivity contribution in [1.82, 2.24) is 0 Å². The van der Waals surface area contributed by atoms with Gasteiger partial charge >= 0.3 is 5.97 Å². The van der Waals surface area contributed by atoms with Gasteiger partial charge < -0.3 is 9.47 Å². The fourth-order valence-corrected chi connectivity index (χ4v) is 3.28. The molecule has 1 aromatic carbocycles. The molecule has 0 N–H and O–H groups in total. The third-order valence-corrected chi connectivity index (χ3v) is 4.43. The van der Waals surface area contributed by atoms with Gasteiger partial charge in [-0.15, -0.1) is 11.3 Å². The van der Waals surface area contributed by atoms with Crippen LogP contribution < -0.4 is 4.74 Å². The van der Waals surface area contributed by atoms with Crippen LogP contribution in [0.15, 0.2) is 17.5 Å². The fraction of sp³-hybridized carbons (Fsp3) is 0.312. The van der Waals surface area contributed by atoms with E-state index in [2.05, 4.69) is 6.07 Å². The highest BCUT2D eigenvalue weighted by molar-refractivity contribution is 7.12. The number of esters is 1. The molecule has 106 valence electrons. The van der Waals surface area contributed by atoms with E-state index in [1.54, 1.807) is 7.11 Å². The zero-order valence-corrected chi connectivity index (χ0v) is 13.2. The van der Waals surface area contributed by atoms with Crippen molar-refractivity contribution in [2.24, 2.45) is 0 Å². The van der Waals surface area contributed by atoms with Crippen molar-refractivity contribution in [2.75, 3.05) is 14.2 Å². The maximum atomic E-state index is 11.9. The summed E-state index contributed by atoms with van der Waals surface area (Å²) in [6.45, 7) is 6.04. The number of rotatable bonds is 3. The molecule has 0 atom stereocenters. The Labute approximate surface area is 123 Å². The van der Waals surface area contributed by atoms with Gasteiger partial charge in [-0.1, -0.05) is 0 Å². The molecule has 1 heterocycles. The highest BCUT2D eigenvalue weighted by atomic mass is 32.1. The van der Waals surface area contributed by atoms with E-state index in [4.69, 9.17) is 9.47 Å². The van der Waals surface area contributed by atoms with Gasteiger partial charge in [0.25, 0.3) is 0 Å². The average molecular weight is 290 g/mol. The maximum absolute atomic E-state index is 11.9. The van der Waals surface area contributed by atoms with Gasteiger partial charge in [0.2, 0.25) is 0 Å². The lowest BCUT2D eigenvalue weighted by Gasteiger charge is -2.12.